The molecule has 2 saturated heterocycles. The monoisotopic (exact) mass is 850 g/mol. The Morgan fingerprint density at radius 1 is 0.683 bits per heavy atom. The summed E-state index contributed by atoms with van der Waals surface area (Å²) in [5, 5.41) is 0.725. The molecule has 324 valence electrons. The molecule has 60 heavy (non-hydrogen) atoms. The zero-order valence-electron chi connectivity index (χ0n) is 35.6. The van der Waals surface area contributed by atoms with E-state index >= 15 is 0 Å². The van der Waals surface area contributed by atoms with Gasteiger partial charge in [-0.15, -0.1) is 0 Å². The lowest BCUT2D eigenvalue weighted by Gasteiger charge is -2.33. The molecular weight excluding hydrogens is 794 g/mol. The number of aryl methyl sites for hydroxylation is 1. The maximum absolute atomic E-state index is 13.8. The number of nitrogens with zero attached hydrogens (tertiary/aromatic N) is 2. The van der Waals surface area contributed by atoms with Crippen LogP contribution in [0.2, 0.25) is 5.02 Å². The first-order valence-corrected chi connectivity index (χ1v) is 20.7. The number of hydrogen-bond acceptors (Lipinski definition) is 10. The third-order valence-corrected chi connectivity index (χ3v) is 9.84. The number of rotatable bonds is 12. The molecule has 4 aromatic carbocycles. The zero-order valence-corrected chi connectivity index (χ0v) is 36.4. The number of benzene rings is 4. The minimum absolute atomic E-state index is 0.0239. The fourth-order valence-corrected chi connectivity index (χ4v) is 6.62. The fourth-order valence-electron chi connectivity index (χ4n) is 6.51. The molecule has 13 heteroatoms. The van der Waals surface area contributed by atoms with E-state index in [1.165, 1.54) is 12.1 Å². The van der Waals surface area contributed by atoms with E-state index in [0.717, 1.165) is 58.9 Å². The maximum Gasteiger partial charge on any atom is 0.307 e. The summed E-state index contributed by atoms with van der Waals surface area (Å²) in [7, 11) is 0. The van der Waals surface area contributed by atoms with Gasteiger partial charge in [0.2, 0.25) is 5.82 Å². The lowest BCUT2D eigenvalue weighted by molar-refractivity contribution is -0.156. The molecule has 10 nitrogen and oxygen atoms in total. The van der Waals surface area contributed by atoms with Crippen LogP contribution in [-0.2, 0) is 28.5 Å². The van der Waals surface area contributed by atoms with Crippen molar-refractivity contribution in [1.29, 1.82) is 0 Å². The van der Waals surface area contributed by atoms with Crippen molar-refractivity contribution in [3.05, 3.63) is 118 Å². The van der Waals surface area contributed by atoms with Crippen LogP contribution in [0.3, 0.4) is 0 Å². The summed E-state index contributed by atoms with van der Waals surface area (Å²) in [6, 6.07) is 24.4. The van der Waals surface area contributed by atoms with Crippen LogP contribution in [0, 0.1) is 18.6 Å². The average molecular weight is 851 g/mol. The van der Waals surface area contributed by atoms with E-state index in [4.69, 9.17) is 40.0 Å². The van der Waals surface area contributed by atoms with Crippen LogP contribution in [0.15, 0.2) is 84.9 Å². The molecule has 2 aliphatic heterocycles. The molecule has 2 aliphatic rings. The summed E-state index contributed by atoms with van der Waals surface area (Å²) in [4.78, 5) is 28.3. The molecule has 6 rings (SSSR count). The minimum Gasteiger partial charge on any atom is -0.460 e. The Hall–Kier alpha value is -4.59. The fraction of sp³-hybridized carbons (Fsp3) is 0.447. The molecule has 0 N–H and O–H groups in total. The molecule has 2 heterocycles. The van der Waals surface area contributed by atoms with Gasteiger partial charge >= 0.3 is 11.9 Å². The smallest absolute Gasteiger partial charge is 0.307 e. The lowest BCUT2D eigenvalue weighted by Crippen LogP contribution is -2.39. The summed E-state index contributed by atoms with van der Waals surface area (Å²) in [6.45, 7) is 18.6. The molecule has 0 bridgehead atoms. The highest BCUT2D eigenvalue weighted by atomic mass is 35.5. The van der Waals surface area contributed by atoms with E-state index in [-0.39, 0.29) is 29.9 Å². The van der Waals surface area contributed by atoms with E-state index in [1.54, 1.807) is 12.1 Å². The highest BCUT2D eigenvalue weighted by Crippen LogP contribution is 2.31. The van der Waals surface area contributed by atoms with Gasteiger partial charge in [-0.1, -0.05) is 41.9 Å². The Balaban J connectivity index is 0.000000228. The molecule has 0 amide bonds. The van der Waals surface area contributed by atoms with Gasteiger partial charge in [0.05, 0.1) is 38.3 Å². The third-order valence-electron chi connectivity index (χ3n) is 9.42. The molecule has 0 aromatic heterocycles. The predicted octanol–water partition coefficient (Wildman–Crippen LogP) is 10.4. The number of carbonyl (C=O) groups excluding carboxylic acids is 2. The normalized spacial score (nSPS) is 17.6. The van der Waals surface area contributed by atoms with Crippen molar-refractivity contribution in [3.8, 4) is 23.0 Å². The van der Waals surface area contributed by atoms with Crippen molar-refractivity contribution in [2.75, 3.05) is 52.5 Å². The topological polar surface area (TPSA) is 96.0 Å². The summed E-state index contributed by atoms with van der Waals surface area (Å²) in [5.74, 6) is -0.583. The molecule has 0 aliphatic carbocycles. The maximum atomic E-state index is 13.8. The number of halogens is 3. The first-order valence-electron chi connectivity index (χ1n) is 20.3. The Kier molecular flexibility index (Phi) is 16.5. The number of morpholine rings is 2. The Morgan fingerprint density at radius 2 is 1.15 bits per heavy atom. The summed E-state index contributed by atoms with van der Waals surface area (Å²) < 4.78 is 61.0. The van der Waals surface area contributed by atoms with E-state index in [1.807, 2.05) is 103 Å². The van der Waals surface area contributed by atoms with Crippen LogP contribution < -0.4 is 9.47 Å². The summed E-state index contributed by atoms with van der Waals surface area (Å²) in [5.41, 5.74) is 2.09. The second kappa shape index (κ2) is 21.3. The second-order valence-corrected chi connectivity index (χ2v) is 17.2. The van der Waals surface area contributed by atoms with Gasteiger partial charge in [0.1, 0.15) is 28.5 Å². The SMILES string of the molecule is CC(C)(C)OC(=O)CCN1CCOC(c2ccc(Oc3cccc(F)c3F)cc2)C1.Cc1cc(Oc2ccc(C3CN(CCC(=O)OC(C)(C)C)CCO3)cc2)ccc1Cl. The van der Waals surface area contributed by atoms with Gasteiger partial charge < -0.3 is 28.4 Å². The molecule has 4 aromatic rings. The van der Waals surface area contributed by atoms with Gasteiger partial charge in [-0.2, -0.15) is 4.39 Å². The van der Waals surface area contributed by atoms with Gasteiger partial charge in [-0.25, -0.2) is 4.39 Å². The lowest BCUT2D eigenvalue weighted by atomic mass is 10.1. The van der Waals surface area contributed by atoms with Crippen molar-refractivity contribution in [2.24, 2.45) is 0 Å². The van der Waals surface area contributed by atoms with E-state index < -0.39 is 22.8 Å². The summed E-state index contributed by atoms with van der Waals surface area (Å²) >= 11 is 6.07. The van der Waals surface area contributed by atoms with Crippen LogP contribution in [0.5, 0.6) is 23.0 Å². The molecule has 0 spiro atoms. The van der Waals surface area contributed by atoms with Crippen LogP contribution in [-0.4, -0.2) is 85.4 Å². The molecule has 0 saturated carbocycles. The van der Waals surface area contributed by atoms with Crippen LogP contribution in [0.1, 0.15) is 83.3 Å². The number of carbonyl (C=O) groups is 2. The Morgan fingerprint density at radius 3 is 1.62 bits per heavy atom. The van der Waals surface area contributed by atoms with Crippen molar-refractivity contribution in [2.45, 2.75) is 84.7 Å². The van der Waals surface area contributed by atoms with Crippen molar-refractivity contribution < 1.29 is 46.8 Å². The molecule has 2 unspecified atom stereocenters. The average Bonchev–Trinajstić information content (AvgIpc) is 3.19. The molecule has 2 fully saturated rings. The van der Waals surface area contributed by atoms with Gasteiger partial charge in [-0.3, -0.25) is 19.4 Å². The van der Waals surface area contributed by atoms with Crippen LogP contribution >= 0.6 is 11.6 Å². The van der Waals surface area contributed by atoms with E-state index in [2.05, 4.69) is 9.80 Å². The number of esters is 2. The molecular formula is C47H57ClF2N2O8. The summed E-state index contributed by atoms with van der Waals surface area (Å²) in [6.07, 6.45) is 0.550. The largest absolute Gasteiger partial charge is 0.460 e. The Labute approximate surface area is 357 Å². The molecule has 0 radical (unpaired) electrons. The van der Waals surface area contributed by atoms with Crippen LogP contribution in [0.4, 0.5) is 8.78 Å². The number of ether oxygens (including phenoxy) is 6. The molecule has 2 atom stereocenters. The Bertz CT molecular complexity index is 2020. The van der Waals surface area contributed by atoms with Gasteiger partial charge in [0.25, 0.3) is 0 Å². The quantitative estimate of drug-likeness (QED) is 0.128. The van der Waals surface area contributed by atoms with Crippen LogP contribution in [0.25, 0.3) is 0 Å². The third kappa shape index (κ3) is 15.1. The minimum atomic E-state index is -1.02. The van der Waals surface area contributed by atoms with E-state index in [9.17, 15) is 18.4 Å². The van der Waals surface area contributed by atoms with Crippen molar-refractivity contribution in [3.63, 3.8) is 0 Å². The predicted molar refractivity (Wildman–Crippen MR) is 227 cm³/mol. The standard InChI is InChI=1S/C24H30ClNO4.C23H27F2NO4/c1-17-15-20(9-10-21(17)25)29-19-7-5-18(6-8-19)22-16-26(13-14-28-22)12-11-23(27)30-24(2,3)4;1-23(2,3)30-21(27)11-12-26-13-14-28-20(15-26)16-7-9-17(10-8-16)29-19-6-4-5-18(24)22(19)25/h5-10,15,22H,11-14,16H2,1-4H3;4-10,20H,11-15H2,1-3H3. The highest BCUT2D eigenvalue weighted by molar-refractivity contribution is 6.31. The van der Waals surface area contributed by atoms with E-state index in [0.29, 0.717) is 51.4 Å². The zero-order chi connectivity index (χ0) is 43.5. The number of hydrogen-bond donors (Lipinski definition) is 0. The highest BCUT2D eigenvalue weighted by Gasteiger charge is 2.25. The van der Waals surface area contributed by atoms with Crippen molar-refractivity contribution in [1.82, 2.24) is 9.80 Å². The van der Waals surface area contributed by atoms with Gasteiger partial charge in [0, 0.05) is 44.3 Å². The first-order chi connectivity index (χ1) is 28.4. The van der Waals surface area contributed by atoms with Gasteiger partial charge in [0.15, 0.2) is 11.6 Å². The first kappa shape index (κ1) is 46.5. The second-order valence-electron chi connectivity index (χ2n) is 16.8. The van der Waals surface area contributed by atoms with Crippen molar-refractivity contribution >= 4 is 23.5 Å². The van der Waals surface area contributed by atoms with Gasteiger partial charge in [-0.05, 0) is 120 Å².